The lowest BCUT2D eigenvalue weighted by Gasteiger charge is -2.35. The summed E-state index contributed by atoms with van der Waals surface area (Å²) in [4.78, 5) is 24.4. The van der Waals surface area contributed by atoms with Gasteiger partial charge >= 0.3 is 6.18 Å². The summed E-state index contributed by atoms with van der Waals surface area (Å²) in [5.41, 5.74) is -1.84. The lowest BCUT2D eigenvalue weighted by atomic mass is 10.1. The number of anilines is 1. The maximum atomic E-state index is 12.7. The zero-order valence-electron chi connectivity index (χ0n) is 17.0. The quantitative estimate of drug-likeness (QED) is 0.354. The van der Waals surface area contributed by atoms with Crippen molar-refractivity contribution in [1.29, 1.82) is 0 Å². The molecule has 1 heterocycles. The molecule has 1 aliphatic rings. The van der Waals surface area contributed by atoms with Gasteiger partial charge in [0.25, 0.3) is 5.69 Å². The van der Waals surface area contributed by atoms with Gasteiger partial charge < -0.3 is 15.4 Å². The van der Waals surface area contributed by atoms with Crippen LogP contribution in [0.5, 0.6) is 0 Å². The van der Waals surface area contributed by atoms with Crippen molar-refractivity contribution in [2.45, 2.75) is 45.1 Å². The van der Waals surface area contributed by atoms with Crippen LogP contribution in [0.3, 0.4) is 0 Å². The van der Waals surface area contributed by atoms with E-state index in [0.717, 1.165) is 38.2 Å². The second kappa shape index (κ2) is 10.6. The third kappa shape index (κ3) is 7.45. The van der Waals surface area contributed by atoms with Crippen molar-refractivity contribution in [1.82, 2.24) is 10.2 Å². The van der Waals surface area contributed by atoms with Gasteiger partial charge in [-0.15, -0.1) is 0 Å². The summed E-state index contributed by atoms with van der Waals surface area (Å²) in [6.45, 7) is 7.17. The van der Waals surface area contributed by atoms with Crippen LogP contribution in [0.4, 0.5) is 24.5 Å². The SMILES string of the molecule is CC1CN(CCCNC(=O)CCNc2ccc(C(F)(F)F)cc2[N+](=O)[O-])CC(C)O1. The molecule has 0 bridgehead atoms. The molecule has 0 spiro atoms. The Balaban J connectivity index is 1.72. The fourth-order valence-corrected chi connectivity index (χ4v) is 3.41. The van der Waals surface area contributed by atoms with Crippen molar-refractivity contribution in [2.75, 3.05) is 38.0 Å². The van der Waals surface area contributed by atoms with E-state index in [1.54, 1.807) is 0 Å². The van der Waals surface area contributed by atoms with E-state index < -0.39 is 22.4 Å². The van der Waals surface area contributed by atoms with Crippen LogP contribution >= 0.6 is 0 Å². The Kier molecular flexibility index (Phi) is 8.42. The molecule has 0 aromatic heterocycles. The molecule has 168 valence electrons. The molecule has 1 amide bonds. The number of nitrogens with zero attached hydrogens (tertiary/aromatic N) is 2. The summed E-state index contributed by atoms with van der Waals surface area (Å²) < 4.78 is 43.8. The van der Waals surface area contributed by atoms with Crippen LogP contribution in [0.25, 0.3) is 0 Å². The number of hydrogen-bond acceptors (Lipinski definition) is 6. The monoisotopic (exact) mass is 432 g/mol. The van der Waals surface area contributed by atoms with Gasteiger partial charge in [-0.2, -0.15) is 13.2 Å². The third-order valence-electron chi connectivity index (χ3n) is 4.66. The minimum Gasteiger partial charge on any atom is -0.379 e. The molecule has 0 aliphatic carbocycles. The Morgan fingerprint density at radius 3 is 2.53 bits per heavy atom. The van der Waals surface area contributed by atoms with Crippen LogP contribution in [-0.2, 0) is 15.7 Å². The first-order chi connectivity index (χ1) is 14.1. The largest absolute Gasteiger partial charge is 0.416 e. The first kappa shape index (κ1) is 23.9. The van der Waals surface area contributed by atoms with Crippen molar-refractivity contribution in [2.24, 2.45) is 0 Å². The van der Waals surface area contributed by atoms with Crippen LogP contribution in [0.1, 0.15) is 32.3 Å². The number of halogens is 3. The van der Waals surface area contributed by atoms with Gasteiger partial charge in [0.2, 0.25) is 5.91 Å². The number of rotatable bonds is 9. The number of nitro groups is 1. The molecular formula is C19H27F3N4O4. The van der Waals surface area contributed by atoms with Gasteiger partial charge in [0, 0.05) is 45.2 Å². The van der Waals surface area contributed by atoms with Crippen LogP contribution in [0.2, 0.25) is 0 Å². The third-order valence-corrected chi connectivity index (χ3v) is 4.66. The summed E-state index contributed by atoms with van der Waals surface area (Å²) in [7, 11) is 0. The van der Waals surface area contributed by atoms with Crippen molar-refractivity contribution in [3.8, 4) is 0 Å². The predicted octanol–water partition coefficient (Wildman–Crippen LogP) is 3.03. The Labute approximate surface area is 172 Å². The molecule has 1 aromatic carbocycles. The lowest BCUT2D eigenvalue weighted by Crippen LogP contribution is -2.46. The highest BCUT2D eigenvalue weighted by Gasteiger charge is 2.33. The minimum absolute atomic E-state index is 0.0454. The van der Waals surface area contributed by atoms with Gasteiger partial charge in [-0.25, -0.2) is 0 Å². The molecule has 0 saturated carbocycles. The second-order valence-electron chi connectivity index (χ2n) is 7.38. The normalized spacial score (nSPS) is 20.0. The van der Waals surface area contributed by atoms with Gasteiger partial charge in [-0.1, -0.05) is 0 Å². The second-order valence-corrected chi connectivity index (χ2v) is 7.38. The van der Waals surface area contributed by atoms with E-state index in [2.05, 4.69) is 15.5 Å². The molecule has 11 heteroatoms. The highest BCUT2D eigenvalue weighted by molar-refractivity contribution is 5.76. The van der Waals surface area contributed by atoms with E-state index in [1.807, 2.05) is 13.8 Å². The molecule has 0 radical (unpaired) electrons. The van der Waals surface area contributed by atoms with Gasteiger partial charge in [-0.3, -0.25) is 19.8 Å². The van der Waals surface area contributed by atoms with Crippen LogP contribution in [0.15, 0.2) is 18.2 Å². The molecule has 8 nitrogen and oxygen atoms in total. The van der Waals surface area contributed by atoms with E-state index in [9.17, 15) is 28.1 Å². The topological polar surface area (TPSA) is 96.7 Å². The van der Waals surface area contributed by atoms with E-state index in [4.69, 9.17) is 4.74 Å². The van der Waals surface area contributed by atoms with Crippen molar-refractivity contribution < 1.29 is 27.6 Å². The predicted molar refractivity (Wildman–Crippen MR) is 105 cm³/mol. The number of ether oxygens (including phenoxy) is 1. The zero-order chi connectivity index (χ0) is 22.3. The van der Waals surface area contributed by atoms with E-state index in [-0.39, 0.29) is 36.8 Å². The molecule has 30 heavy (non-hydrogen) atoms. The van der Waals surface area contributed by atoms with E-state index in [1.165, 1.54) is 0 Å². The van der Waals surface area contributed by atoms with Crippen molar-refractivity contribution in [3.05, 3.63) is 33.9 Å². The van der Waals surface area contributed by atoms with Crippen molar-refractivity contribution in [3.63, 3.8) is 0 Å². The number of morpholine rings is 1. The molecular weight excluding hydrogens is 405 g/mol. The lowest BCUT2D eigenvalue weighted by molar-refractivity contribution is -0.384. The summed E-state index contributed by atoms with van der Waals surface area (Å²) in [6.07, 6.45) is -3.47. The van der Waals surface area contributed by atoms with E-state index in [0.29, 0.717) is 12.6 Å². The zero-order valence-corrected chi connectivity index (χ0v) is 17.0. The Morgan fingerprint density at radius 1 is 1.27 bits per heavy atom. The maximum absolute atomic E-state index is 12.7. The molecule has 1 saturated heterocycles. The number of nitrogens with one attached hydrogen (secondary N) is 2. The molecule has 1 aromatic rings. The van der Waals surface area contributed by atoms with Crippen LogP contribution in [-0.4, -0.2) is 60.7 Å². The Hall–Kier alpha value is -2.40. The first-order valence-electron chi connectivity index (χ1n) is 9.80. The van der Waals surface area contributed by atoms with Gasteiger partial charge in [-0.05, 0) is 32.4 Å². The molecule has 2 N–H and O–H groups in total. The molecule has 1 aliphatic heterocycles. The average molecular weight is 432 g/mol. The standard InChI is InChI=1S/C19H27F3N4O4/c1-13-11-25(12-14(2)30-13)9-3-7-24-18(27)6-8-23-16-5-4-15(19(20,21)22)10-17(16)26(28)29/h4-5,10,13-14,23H,3,6-9,11-12H2,1-2H3,(H,24,27). The summed E-state index contributed by atoms with van der Waals surface area (Å²) >= 11 is 0. The summed E-state index contributed by atoms with van der Waals surface area (Å²) in [5, 5.41) is 16.5. The van der Waals surface area contributed by atoms with Gasteiger partial charge in [0.1, 0.15) is 5.69 Å². The van der Waals surface area contributed by atoms with Crippen LogP contribution < -0.4 is 10.6 Å². The number of carbonyl (C=O) groups is 1. The highest BCUT2D eigenvalue weighted by atomic mass is 19.4. The van der Waals surface area contributed by atoms with Gasteiger partial charge in [0.15, 0.2) is 0 Å². The Bertz CT molecular complexity index is 735. The van der Waals surface area contributed by atoms with Crippen molar-refractivity contribution >= 4 is 17.3 Å². The molecule has 2 unspecified atom stereocenters. The number of nitro benzene ring substituents is 1. The fraction of sp³-hybridized carbons (Fsp3) is 0.632. The molecule has 1 fully saturated rings. The summed E-state index contributed by atoms with van der Waals surface area (Å²) in [5.74, 6) is -0.235. The first-order valence-corrected chi connectivity index (χ1v) is 9.80. The number of benzene rings is 1. The summed E-state index contributed by atoms with van der Waals surface area (Å²) in [6, 6.07) is 2.25. The molecule has 2 atom stereocenters. The Morgan fingerprint density at radius 2 is 1.93 bits per heavy atom. The minimum atomic E-state index is -4.67. The highest BCUT2D eigenvalue weighted by Crippen LogP contribution is 2.34. The fourth-order valence-electron chi connectivity index (χ4n) is 3.41. The smallest absolute Gasteiger partial charge is 0.379 e. The number of hydrogen-bond donors (Lipinski definition) is 2. The number of amides is 1. The average Bonchev–Trinajstić information content (AvgIpc) is 2.63. The number of alkyl halides is 3. The van der Waals surface area contributed by atoms with Gasteiger partial charge in [0.05, 0.1) is 22.7 Å². The maximum Gasteiger partial charge on any atom is 0.416 e. The van der Waals surface area contributed by atoms with Crippen LogP contribution in [0, 0.1) is 10.1 Å². The molecule has 2 rings (SSSR count). The number of carbonyl (C=O) groups excluding carboxylic acids is 1. The van der Waals surface area contributed by atoms with E-state index >= 15 is 0 Å².